The van der Waals surface area contributed by atoms with E-state index in [1.54, 1.807) is 27.7 Å². The first-order chi connectivity index (χ1) is 12.0. The second kappa shape index (κ2) is 7.34. The number of hydrogen-bond acceptors (Lipinski definition) is 6. The highest BCUT2D eigenvalue weighted by molar-refractivity contribution is 5.83. The zero-order valence-electron chi connectivity index (χ0n) is 14.7. The monoisotopic (exact) mass is 363 g/mol. The van der Waals surface area contributed by atoms with Gasteiger partial charge in [0.05, 0.1) is 4.92 Å². The van der Waals surface area contributed by atoms with Crippen LogP contribution in [0.4, 0.5) is 20.7 Å². The Hall–Kier alpha value is -3.23. The van der Waals surface area contributed by atoms with Crippen LogP contribution in [0.5, 0.6) is 11.5 Å². The molecule has 0 radical (unpaired) electrons. The van der Waals surface area contributed by atoms with Crippen molar-refractivity contribution in [3.63, 3.8) is 0 Å². The van der Waals surface area contributed by atoms with Gasteiger partial charge in [-0.15, -0.1) is 0 Å². The van der Waals surface area contributed by atoms with Crippen molar-refractivity contribution in [2.45, 2.75) is 33.3 Å². The summed E-state index contributed by atoms with van der Waals surface area (Å²) in [5, 5.41) is 13.2. The number of carbonyl (C=O) groups is 1. The molecular weight excluding hydrogens is 345 g/mol. The number of nitrogens with one attached hydrogen (secondary N) is 1. The molecular formula is C17H18FN3O5. The number of carbonyl (C=O) groups excluding carboxylic acids is 1. The number of benzene rings is 1. The summed E-state index contributed by atoms with van der Waals surface area (Å²) in [5.41, 5.74) is -0.903. The van der Waals surface area contributed by atoms with Crippen LogP contribution in [0.25, 0.3) is 0 Å². The molecule has 0 saturated heterocycles. The van der Waals surface area contributed by atoms with Gasteiger partial charge in [-0.3, -0.25) is 15.4 Å². The maximum atomic E-state index is 13.8. The first-order valence-electron chi connectivity index (χ1n) is 7.63. The quantitative estimate of drug-likeness (QED) is 0.630. The van der Waals surface area contributed by atoms with Gasteiger partial charge in [0.1, 0.15) is 22.9 Å². The highest BCUT2D eigenvalue weighted by Gasteiger charge is 2.19. The Kier molecular flexibility index (Phi) is 5.39. The van der Waals surface area contributed by atoms with E-state index in [2.05, 4.69) is 10.3 Å². The largest absolute Gasteiger partial charge is 0.457 e. The van der Waals surface area contributed by atoms with E-state index in [0.29, 0.717) is 5.56 Å². The molecule has 1 heterocycles. The van der Waals surface area contributed by atoms with Gasteiger partial charge in [0.25, 0.3) is 0 Å². The second-order valence-electron chi connectivity index (χ2n) is 6.43. The van der Waals surface area contributed by atoms with E-state index < -0.39 is 28.1 Å². The lowest BCUT2D eigenvalue weighted by molar-refractivity contribution is -0.387. The summed E-state index contributed by atoms with van der Waals surface area (Å²) in [6.07, 6.45) is 0.707. The zero-order chi connectivity index (χ0) is 19.5. The van der Waals surface area contributed by atoms with Gasteiger partial charge in [0, 0.05) is 24.4 Å². The number of nitro groups is 1. The third-order valence-electron chi connectivity index (χ3n) is 3.03. The molecule has 0 bridgehead atoms. The van der Waals surface area contributed by atoms with E-state index in [9.17, 15) is 19.3 Å². The number of pyridine rings is 1. The number of nitrogens with zero attached hydrogens (tertiary/aromatic N) is 2. The highest BCUT2D eigenvalue weighted by Crippen LogP contribution is 2.31. The molecule has 0 saturated carbocycles. The summed E-state index contributed by atoms with van der Waals surface area (Å²) in [6.45, 7) is 6.74. The number of anilines is 1. The Morgan fingerprint density at radius 3 is 2.62 bits per heavy atom. The van der Waals surface area contributed by atoms with Crippen molar-refractivity contribution in [1.29, 1.82) is 0 Å². The van der Waals surface area contributed by atoms with Crippen LogP contribution >= 0.6 is 0 Å². The average molecular weight is 363 g/mol. The average Bonchev–Trinajstić information content (AvgIpc) is 2.48. The fraction of sp³-hybridized carbons (Fsp3) is 0.294. The summed E-state index contributed by atoms with van der Waals surface area (Å²) in [6, 6.07) is 4.95. The van der Waals surface area contributed by atoms with Gasteiger partial charge in [-0.05, 0) is 39.3 Å². The van der Waals surface area contributed by atoms with Crippen LogP contribution in [0.1, 0.15) is 26.3 Å². The van der Waals surface area contributed by atoms with Crippen LogP contribution in [-0.4, -0.2) is 21.6 Å². The van der Waals surface area contributed by atoms with Crippen molar-refractivity contribution in [2.75, 3.05) is 5.32 Å². The zero-order valence-corrected chi connectivity index (χ0v) is 14.7. The first-order valence-corrected chi connectivity index (χ1v) is 7.63. The topological polar surface area (TPSA) is 104 Å². The number of halogens is 1. The molecule has 8 nitrogen and oxygen atoms in total. The van der Waals surface area contributed by atoms with Crippen molar-refractivity contribution in [3.8, 4) is 11.5 Å². The van der Waals surface area contributed by atoms with E-state index in [4.69, 9.17) is 9.47 Å². The third-order valence-corrected chi connectivity index (χ3v) is 3.03. The van der Waals surface area contributed by atoms with E-state index >= 15 is 0 Å². The minimum atomic E-state index is -1.00. The minimum absolute atomic E-state index is 0.113. The van der Waals surface area contributed by atoms with E-state index in [1.165, 1.54) is 18.3 Å². The van der Waals surface area contributed by atoms with Crippen LogP contribution in [0.3, 0.4) is 0 Å². The van der Waals surface area contributed by atoms with Crippen molar-refractivity contribution >= 4 is 17.6 Å². The van der Waals surface area contributed by atoms with Crippen molar-refractivity contribution in [3.05, 3.63) is 52.0 Å². The number of hydrogen-bond donors (Lipinski definition) is 1. The predicted octanol–water partition coefficient (Wildman–Crippen LogP) is 4.58. The molecule has 1 amide bonds. The van der Waals surface area contributed by atoms with Gasteiger partial charge in [-0.25, -0.2) is 9.78 Å². The lowest BCUT2D eigenvalue weighted by atomic mass is 10.2. The lowest BCUT2D eigenvalue weighted by Crippen LogP contribution is -2.27. The van der Waals surface area contributed by atoms with Gasteiger partial charge >= 0.3 is 11.8 Å². The molecule has 0 fully saturated rings. The normalized spacial score (nSPS) is 11.0. The predicted molar refractivity (Wildman–Crippen MR) is 92.0 cm³/mol. The number of ether oxygens (including phenoxy) is 2. The van der Waals surface area contributed by atoms with Crippen LogP contribution < -0.4 is 10.1 Å². The Balaban J connectivity index is 2.17. The summed E-state index contributed by atoms with van der Waals surface area (Å²) in [4.78, 5) is 25.7. The number of aromatic nitrogens is 1. The van der Waals surface area contributed by atoms with Gasteiger partial charge < -0.3 is 9.47 Å². The number of amides is 1. The summed E-state index contributed by atoms with van der Waals surface area (Å²) in [5.74, 6) is -0.446. The fourth-order valence-corrected chi connectivity index (χ4v) is 1.98. The van der Waals surface area contributed by atoms with Crippen LogP contribution in [0, 0.1) is 22.9 Å². The maximum absolute atomic E-state index is 13.8. The molecule has 2 rings (SSSR count). The molecule has 9 heteroatoms. The number of nitro benzene ring substituents is 1. The molecule has 0 spiro atoms. The molecule has 138 valence electrons. The Labute approximate surface area is 149 Å². The standard InChI is InChI=1S/C17H18FN3O5/c1-10-7-13(21(23)24)12(18)9-14(10)25-11-5-6-19-15(8-11)20-16(22)26-17(2,3)4/h5-9H,1-4H3,(H,19,20,22). The van der Waals surface area contributed by atoms with Gasteiger partial charge in [0.15, 0.2) is 0 Å². The highest BCUT2D eigenvalue weighted by atomic mass is 19.1. The van der Waals surface area contributed by atoms with E-state index in [1.807, 2.05) is 0 Å². The van der Waals surface area contributed by atoms with E-state index in [0.717, 1.165) is 12.1 Å². The van der Waals surface area contributed by atoms with Crippen LogP contribution in [0.2, 0.25) is 0 Å². The molecule has 1 N–H and O–H groups in total. The molecule has 0 aliphatic rings. The molecule has 26 heavy (non-hydrogen) atoms. The third kappa shape index (κ3) is 5.13. The number of aryl methyl sites for hydroxylation is 1. The molecule has 1 aromatic heterocycles. The Morgan fingerprint density at radius 2 is 2.00 bits per heavy atom. The van der Waals surface area contributed by atoms with Gasteiger partial charge in [0.2, 0.25) is 5.82 Å². The lowest BCUT2D eigenvalue weighted by Gasteiger charge is -2.19. The molecule has 0 aliphatic heterocycles. The molecule has 0 unspecified atom stereocenters. The van der Waals surface area contributed by atoms with Gasteiger partial charge in [-0.1, -0.05) is 0 Å². The van der Waals surface area contributed by atoms with E-state index in [-0.39, 0.29) is 17.3 Å². The number of rotatable bonds is 4. The van der Waals surface area contributed by atoms with Crippen molar-refractivity contribution in [2.24, 2.45) is 0 Å². The summed E-state index contributed by atoms with van der Waals surface area (Å²) >= 11 is 0. The smallest absolute Gasteiger partial charge is 0.413 e. The molecule has 0 aliphatic carbocycles. The first kappa shape index (κ1) is 19.1. The molecule has 0 atom stereocenters. The van der Waals surface area contributed by atoms with Crippen molar-refractivity contribution in [1.82, 2.24) is 4.98 Å². The van der Waals surface area contributed by atoms with Crippen molar-refractivity contribution < 1.29 is 23.6 Å². The SMILES string of the molecule is Cc1cc([N+](=O)[O-])c(F)cc1Oc1ccnc(NC(=O)OC(C)(C)C)c1. The Morgan fingerprint density at radius 1 is 1.31 bits per heavy atom. The Bertz CT molecular complexity index is 849. The molecule has 2 aromatic rings. The maximum Gasteiger partial charge on any atom is 0.413 e. The fourth-order valence-electron chi connectivity index (χ4n) is 1.98. The van der Waals surface area contributed by atoms with Crippen LogP contribution in [0.15, 0.2) is 30.5 Å². The van der Waals surface area contributed by atoms with Gasteiger partial charge in [-0.2, -0.15) is 4.39 Å². The summed E-state index contributed by atoms with van der Waals surface area (Å²) < 4.78 is 24.5. The summed E-state index contributed by atoms with van der Waals surface area (Å²) in [7, 11) is 0. The second-order valence-corrected chi connectivity index (χ2v) is 6.43. The molecule has 1 aromatic carbocycles. The van der Waals surface area contributed by atoms with Crippen LogP contribution in [-0.2, 0) is 4.74 Å². The minimum Gasteiger partial charge on any atom is -0.457 e.